The van der Waals surface area contributed by atoms with Crippen LogP contribution in [0, 0.1) is 0 Å². The molecule has 0 heterocycles. The van der Waals surface area contributed by atoms with Crippen molar-refractivity contribution < 1.29 is 9.59 Å². The maximum atomic E-state index is 10.1. The summed E-state index contributed by atoms with van der Waals surface area (Å²) < 4.78 is 0. The second-order valence-electron chi connectivity index (χ2n) is 1.96. The molecule has 0 aromatic heterocycles. The number of ketones is 1. The number of Topliss-reactive ketones (excluding diaryl/α,β-unsaturated/α-hetero) is 1. The van der Waals surface area contributed by atoms with E-state index in [0.717, 1.165) is 0 Å². The number of nitrogens with two attached hydrogens (primary N) is 2. The Balaban J connectivity index is 0. The maximum absolute atomic E-state index is 10.1. The second-order valence-corrected chi connectivity index (χ2v) is 1.96. The lowest BCUT2D eigenvalue weighted by Gasteiger charge is -1.87. The highest BCUT2D eigenvalue weighted by atomic mass is 16.1. The van der Waals surface area contributed by atoms with E-state index in [0.29, 0.717) is 0 Å². The Morgan fingerprint density at radius 2 is 1.73 bits per heavy atom. The average molecular weight is 161 g/mol. The summed E-state index contributed by atoms with van der Waals surface area (Å²) in [5, 5.41) is 0. The number of carbonyl (C=O) groups excluding carboxylic acids is 2. The molecule has 0 aliphatic carbocycles. The first-order valence-electron chi connectivity index (χ1n) is 3.19. The van der Waals surface area contributed by atoms with E-state index in [-0.39, 0.29) is 18.6 Å². The minimum atomic E-state index is -0.416. The van der Waals surface area contributed by atoms with Crippen molar-refractivity contribution in [1.82, 2.24) is 5.43 Å². The third kappa shape index (κ3) is 27.4. The van der Waals surface area contributed by atoms with Crippen LogP contribution in [0.25, 0.3) is 0 Å². The lowest BCUT2D eigenvalue weighted by molar-refractivity contribution is -0.122. The normalized spacial score (nSPS) is 7.91. The summed E-state index contributed by atoms with van der Waals surface area (Å²) in [5.74, 6) is 4.18. The highest BCUT2D eigenvalue weighted by molar-refractivity contribution is 5.82. The van der Waals surface area contributed by atoms with Crippen molar-refractivity contribution in [3.63, 3.8) is 0 Å². The van der Waals surface area contributed by atoms with Crippen molar-refractivity contribution in [1.29, 1.82) is 0 Å². The molecule has 5 nitrogen and oxygen atoms in total. The molecule has 0 saturated heterocycles. The number of hydrazine groups is 1. The Morgan fingerprint density at radius 3 is 1.82 bits per heavy atom. The third-order valence-corrected chi connectivity index (χ3v) is 0.723. The van der Waals surface area contributed by atoms with Gasteiger partial charge in [-0.1, -0.05) is 0 Å². The molecule has 0 spiro atoms. The Labute approximate surface area is 66.1 Å². The van der Waals surface area contributed by atoms with Crippen LogP contribution in [0.15, 0.2) is 0 Å². The summed E-state index contributed by atoms with van der Waals surface area (Å²) in [6.07, 6.45) is 0.449. The van der Waals surface area contributed by atoms with E-state index in [1.807, 2.05) is 0 Å². The van der Waals surface area contributed by atoms with E-state index in [2.05, 4.69) is 11.3 Å². The van der Waals surface area contributed by atoms with Gasteiger partial charge in [-0.2, -0.15) is 0 Å². The number of amides is 1. The van der Waals surface area contributed by atoms with Gasteiger partial charge in [-0.05, 0) is 14.0 Å². The molecule has 0 bridgehead atoms. The van der Waals surface area contributed by atoms with Crippen molar-refractivity contribution >= 4 is 11.7 Å². The van der Waals surface area contributed by atoms with Gasteiger partial charge in [0.25, 0.3) is 0 Å². The van der Waals surface area contributed by atoms with Crippen molar-refractivity contribution in [3.8, 4) is 0 Å². The monoisotopic (exact) mass is 161 g/mol. The van der Waals surface area contributed by atoms with Crippen LogP contribution in [0.1, 0.15) is 19.8 Å². The summed E-state index contributed by atoms with van der Waals surface area (Å²) in [4.78, 5) is 20.1. The van der Waals surface area contributed by atoms with Gasteiger partial charge in [0, 0.05) is 12.8 Å². The van der Waals surface area contributed by atoms with Crippen LogP contribution in [0.2, 0.25) is 0 Å². The van der Waals surface area contributed by atoms with Crippen LogP contribution in [0.4, 0.5) is 0 Å². The van der Waals surface area contributed by atoms with Gasteiger partial charge in [0.05, 0.1) is 0 Å². The van der Waals surface area contributed by atoms with Crippen LogP contribution in [-0.4, -0.2) is 18.7 Å². The Bertz CT molecular complexity index is 111. The summed E-state index contributed by atoms with van der Waals surface area (Å²) in [7, 11) is 1.65. The number of carbonyl (C=O) groups is 2. The zero-order valence-corrected chi connectivity index (χ0v) is 6.89. The molecule has 5 heteroatoms. The van der Waals surface area contributed by atoms with Gasteiger partial charge >= 0.3 is 0 Å². The van der Waals surface area contributed by atoms with E-state index >= 15 is 0 Å². The first-order chi connectivity index (χ1) is 5.04. The molecule has 0 aliphatic heterocycles. The van der Waals surface area contributed by atoms with Crippen LogP contribution in [-0.2, 0) is 9.59 Å². The molecule has 0 radical (unpaired) electrons. The molecule has 0 aliphatic rings. The summed E-state index contributed by atoms with van der Waals surface area (Å²) in [6, 6.07) is 0. The van der Waals surface area contributed by atoms with Crippen molar-refractivity contribution in [2.24, 2.45) is 11.6 Å². The zero-order valence-electron chi connectivity index (χ0n) is 6.89. The quantitative estimate of drug-likeness (QED) is 0.362. The standard InChI is InChI=1S/C5H9NO2.CH6N2/c1-4(7)2-3-5(6)8;1-3-2/h2-3H2,1H3,(H2,6,8);3H,2H2,1H3. The fourth-order valence-electron chi connectivity index (χ4n) is 0.299. The average Bonchev–Trinajstić information content (AvgIpc) is 1.85. The lowest BCUT2D eigenvalue weighted by Crippen LogP contribution is -2.13. The van der Waals surface area contributed by atoms with Gasteiger partial charge in [0.2, 0.25) is 5.91 Å². The minimum Gasteiger partial charge on any atom is -0.370 e. The number of rotatable bonds is 3. The predicted octanol–water partition coefficient (Wildman–Crippen LogP) is -1.08. The van der Waals surface area contributed by atoms with E-state index < -0.39 is 5.91 Å². The number of primary amides is 1. The molecule has 0 fully saturated rings. The Morgan fingerprint density at radius 1 is 1.36 bits per heavy atom. The molecule has 0 aromatic rings. The topological polar surface area (TPSA) is 98.2 Å². The van der Waals surface area contributed by atoms with Crippen LogP contribution in [0.3, 0.4) is 0 Å². The molecule has 0 atom stereocenters. The molecule has 0 unspecified atom stereocenters. The first-order valence-corrected chi connectivity index (χ1v) is 3.19. The van der Waals surface area contributed by atoms with Crippen LogP contribution < -0.4 is 17.0 Å². The summed E-state index contributed by atoms with van der Waals surface area (Å²) in [5.41, 5.74) is 7.00. The van der Waals surface area contributed by atoms with Crippen molar-refractivity contribution in [2.45, 2.75) is 19.8 Å². The number of hydrogen-bond acceptors (Lipinski definition) is 4. The molecule has 0 aromatic carbocycles. The van der Waals surface area contributed by atoms with Gasteiger partial charge in [-0.15, -0.1) is 0 Å². The highest BCUT2D eigenvalue weighted by Crippen LogP contribution is 1.86. The molecule has 5 N–H and O–H groups in total. The molecule has 0 rings (SSSR count). The lowest BCUT2D eigenvalue weighted by atomic mass is 10.2. The highest BCUT2D eigenvalue weighted by Gasteiger charge is 1.95. The fraction of sp³-hybridized carbons (Fsp3) is 0.667. The first kappa shape index (κ1) is 12.7. The molecular weight excluding hydrogens is 146 g/mol. The largest absolute Gasteiger partial charge is 0.370 e. The van der Waals surface area contributed by atoms with Gasteiger partial charge in [0.15, 0.2) is 0 Å². The second kappa shape index (κ2) is 9.06. The summed E-state index contributed by atoms with van der Waals surface area (Å²) >= 11 is 0. The van der Waals surface area contributed by atoms with Crippen LogP contribution >= 0.6 is 0 Å². The van der Waals surface area contributed by atoms with E-state index in [9.17, 15) is 9.59 Å². The van der Waals surface area contributed by atoms with Crippen molar-refractivity contribution in [3.05, 3.63) is 0 Å². The van der Waals surface area contributed by atoms with Gasteiger partial charge < -0.3 is 10.5 Å². The minimum absolute atomic E-state index is 0.00352. The van der Waals surface area contributed by atoms with E-state index in [1.54, 1.807) is 7.05 Å². The Kier molecular flexibility index (Phi) is 10.5. The van der Waals surface area contributed by atoms with Crippen LogP contribution in [0.5, 0.6) is 0 Å². The zero-order chi connectivity index (χ0) is 9.28. The van der Waals surface area contributed by atoms with E-state index in [1.165, 1.54) is 6.92 Å². The van der Waals surface area contributed by atoms with Gasteiger partial charge in [0.1, 0.15) is 5.78 Å². The number of hydrogen-bond donors (Lipinski definition) is 3. The number of nitrogens with one attached hydrogen (secondary N) is 1. The maximum Gasteiger partial charge on any atom is 0.217 e. The molecule has 11 heavy (non-hydrogen) atoms. The third-order valence-electron chi connectivity index (χ3n) is 0.723. The molecule has 1 amide bonds. The fourth-order valence-corrected chi connectivity index (χ4v) is 0.299. The molecule has 0 saturated carbocycles. The molecular formula is C6H15N3O2. The predicted molar refractivity (Wildman–Crippen MR) is 42.4 cm³/mol. The smallest absolute Gasteiger partial charge is 0.217 e. The Hall–Kier alpha value is -0.940. The van der Waals surface area contributed by atoms with Gasteiger partial charge in [-0.3, -0.25) is 16.1 Å². The van der Waals surface area contributed by atoms with Gasteiger partial charge in [-0.25, -0.2) is 0 Å². The SMILES string of the molecule is CC(=O)CCC(N)=O.CNN. The summed E-state index contributed by atoms with van der Waals surface area (Å²) in [6.45, 7) is 1.43. The van der Waals surface area contributed by atoms with E-state index in [4.69, 9.17) is 5.73 Å². The molecule has 66 valence electrons. The van der Waals surface area contributed by atoms with Crippen molar-refractivity contribution in [2.75, 3.05) is 7.05 Å².